The summed E-state index contributed by atoms with van der Waals surface area (Å²) in [4.78, 5) is 10.3. The Labute approximate surface area is 80.3 Å². The molecule has 0 N–H and O–H groups in total. The third-order valence-electron chi connectivity index (χ3n) is 2.27. The highest BCUT2D eigenvalue weighted by Crippen LogP contribution is 2.30. The zero-order valence-electron chi connectivity index (χ0n) is 8.84. The quantitative estimate of drug-likeness (QED) is 0.377. The van der Waals surface area contributed by atoms with Gasteiger partial charge in [0.25, 0.3) is 0 Å². The number of rotatable bonds is 5. The van der Waals surface area contributed by atoms with Crippen molar-refractivity contribution in [1.82, 2.24) is 0 Å². The van der Waals surface area contributed by atoms with Gasteiger partial charge < -0.3 is 4.74 Å². The Hall–Kier alpha value is -0.120. The summed E-state index contributed by atoms with van der Waals surface area (Å²) in [6.45, 7) is 6.77. The predicted molar refractivity (Wildman–Crippen MR) is 50.1 cm³/mol. The van der Waals surface area contributed by atoms with Crippen LogP contribution in [-0.2, 0) is 14.5 Å². The average molecular weight is 188 g/mol. The maximum atomic E-state index is 5.58. The third-order valence-corrected chi connectivity index (χ3v) is 2.27. The van der Waals surface area contributed by atoms with Gasteiger partial charge in [-0.3, -0.25) is 0 Å². The lowest BCUT2D eigenvalue weighted by molar-refractivity contribution is -0.417. The summed E-state index contributed by atoms with van der Waals surface area (Å²) in [7, 11) is 0. The van der Waals surface area contributed by atoms with Gasteiger partial charge in [0, 0.05) is 6.42 Å². The summed E-state index contributed by atoms with van der Waals surface area (Å²) in [6.07, 6.45) is 4.41. The molecule has 0 saturated carbocycles. The Morgan fingerprint density at radius 2 is 2.31 bits per heavy atom. The minimum Gasteiger partial charge on any atom is -0.344 e. The second-order valence-corrected chi connectivity index (χ2v) is 3.86. The minimum absolute atomic E-state index is 0.291. The van der Waals surface area contributed by atoms with Crippen molar-refractivity contribution in [3.05, 3.63) is 0 Å². The normalized spacial score (nSPS) is 33.9. The highest BCUT2D eigenvalue weighted by molar-refractivity contribution is 4.73. The molecule has 0 aliphatic carbocycles. The summed E-state index contributed by atoms with van der Waals surface area (Å²) in [6, 6.07) is 0. The van der Waals surface area contributed by atoms with Crippen LogP contribution in [0, 0.1) is 0 Å². The van der Waals surface area contributed by atoms with Crippen molar-refractivity contribution in [1.29, 1.82) is 0 Å². The summed E-state index contributed by atoms with van der Waals surface area (Å²) in [5, 5.41) is 0. The third kappa shape index (κ3) is 3.63. The Kier molecular flexibility index (Phi) is 4.16. The van der Waals surface area contributed by atoms with Crippen LogP contribution in [0.25, 0.3) is 0 Å². The molecule has 1 aliphatic heterocycles. The number of hydrogen-bond acceptors (Lipinski definition) is 3. The van der Waals surface area contributed by atoms with E-state index in [0.29, 0.717) is 12.7 Å². The first kappa shape index (κ1) is 11.0. The van der Waals surface area contributed by atoms with Gasteiger partial charge in [-0.25, -0.2) is 9.78 Å². The standard InChI is InChI=1S/C10H20O3/c1-4-5-8-11-13-10(3)7-6-9(2)12-10/h9H,4-8H2,1-3H3. The van der Waals surface area contributed by atoms with Crippen LogP contribution >= 0.6 is 0 Å². The molecule has 0 aromatic rings. The monoisotopic (exact) mass is 188 g/mol. The fourth-order valence-corrected chi connectivity index (χ4v) is 1.44. The highest BCUT2D eigenvalue weighted by atomic mass is 17.2. The SMILES string of the molecule is CCCCOOC1(C)CCC(C)O1. The number of ether oxygens (including phenoxy) is 1. The van der Waals surface area contributed by atoms with Crippen molar-refractivity contribution in [2.24, 2.45) is 0 Å². The van der Waals surface area contributed by atoms with Crippen LogP contribution < -0.4 is 0 Å². The van der Waals surface area contributed by atoms with Gasteiger partial charge in [-0.2, -0.15) is 0 Å². The van der Waals surface area contributed by atoms with Crippen LogP contribution in [-0.4, -0.2) is 18.5 Å². The van der Waals surface area contributed by atoms with Gasteiger partial charge in [-0.05, 0) is 26.7 Å². The molecule has 1 saturated heterocycles. The smallest absolute Gasteiger partial charge is 0.199 e. The summed E-state index contributed by atoms with van der Waals surface area (Å²) >= 11 is 0. The molecular weight excluding hydrogens is 168 g/mol. The lowest BCUT2D eigenvalue weighted by atomic mass is 10.2. The van der Waals surface area contributed by atoms with E-state index in [1.165, 1.54) is 0 Å². The molecule has 3 nitrogen and oxygen atoms in total. The number of hydrogen-bond donors (Lipinski definition) is 0. The highest BCUT2D eigenvalue weighted by Gasteiger charge is 2.36. The fourth-order valence-electron chi connectivity index (χ4n) is 1.44. The molecular formula is C10H20O3. The first-order valence-corrected chi connectivity index (χ1v) is 5.15. The molecule has 0 radical (unpaired) electrons. The molecule has 3 heteroatoms. The predicted octanol–water partition coefficient (Wildman–Crippen LogP) is 2.65. The molecule has 1 aliphatic rings. The minimum atomic E-state index is -0.507. The second kappa shape index (κ2) is 4.94. The molecule has 1 heterocycles. The van der Waals surface area contributed by atoms with E-state index in [9.17, 15) is 0 Å². The van der Waals surface area contributed by atoms with Crippen LogP contribution in [0.5, 0.6) is 0 Å². The van der Waals surface area contributed by atoms with Crippen molar-refractivity contribution in [3.8, 4) is 0 Å². The molecule has 1 rings (SSSR count). The average Bonchev–Trinajstić information content (AvgIpc) is 2.41. The van der Waals surface area contributed by atoms with E-state index in [-0.39, 0.29) is 0 Å². The van der Waals surface area contributed by atoms with Crippen molar-refractivity contribution in [2.45, 2.75) is 58.3 Å². The Morgan fingerprint density at radius 3 is 2.85 bits per heavy atom. The van der Waals surface area contributed by atoms with Crippen LogP contribution in [0.2, 0.25) is 0 Å². The van der Waals surface area contributed by atoms with Gasteiger partial charge in [0.1, 0.15) is 0 Å². The topological polar surface area (TPSA) is 27.7 Å². The molecule has 78 valence electrons. The van der Waals surface area contributed by atoms with E-state index < -0.39 is 5.79 Å². The van der Waals surface area contributed by atoms with E-state index in [2.05, 4.69) is 13.8 Å². The Morgan fingerprint density at radius 1 is 1.54 bits per heavy atom. The van der Waals surface area contributed by atoms with Crippen LogP contribution in [0.15, 0.2) is 0 Å². The molecule has 2 unspecified atom stereocenters. The van der Waals surface area contributed by atoms with Crippen molar-refractivity contribution >= 4 is 0 Å². The largest absolute Gasteiger partial charge is 0.344 e. The van der Waals surface area contributed by atoms with Gasteiger partial charge in [-0.15, -0.1) is 0 Å². The number of unbranched alkanes of at least 4 members (excludes halogenated alkanes) is 1. The lowest BCUT2D eigenvalue weighted by Gasteiger charge is -2.22. The van der Waals surface area contributed by atoms with E-state index in [0.717, 1.165) is 25.7 Å². The molecule has 0 aromatic carbocycles. The summed E-state index contributed by atoms with van der Waals surface area (Å²) < 4.78 is 5.58. The maximum Gasteiger partial charge on any atom is 0.199 e. The molecule has 0 bridgehead atoms. The van der Waals surface area contributed by atoms with Crippen LogP contribution in [0.4, 0.5) is 0 Å². The van der Waals surface area contributed by atoms with Crippen molar-refractivity contribution in [3.63, 3.8) is 0 Å². The summed E-state index contributed by atoms with van der Waals surface area (Å²) in [5.74, 6) is -0.507. The molecule has 0 aromatic heterocycles. The van der Waals surface area contributed by atoms with E-state index in [1.807, 2.05) is 6.92 Å². The lowest BCUT2D eigenvalue weighted by Crippen LogP contribution is -2.28. The van der Waals surface area contributed by atoms with Crippen LogP contribution in [0.1, 0.15) is 46.5 Å². The zero-order chi connectivity index (χ0) is 9.73. The van der Waals surface area contributed by atoms with Gasteiger partial charge in [0.2, 0.25) is 0 Å². The fraction of sp³-hybridized carbons (Fsp3) is 1.00. The molecule has 1 fully saturated rings. The first-order valence-electron chi connectivity index (χ1n) is 5.15. The Bertz CT molecular complexity index is 149. The maximum absolute atomic E-state index is 5.58. The first-order chi connectivity index (χ1) is 6.16. The zero-order valence-corrected chi connectivity index (χ0v) is 8.84. The summed E-state index contributed by atoms with van der Waals surface area (Å²) in [5.41, 5.74) is 0. The Balaban J connectivity index is 2.12. The van der Waals surface area contributed by atoms with Gasteiger partial charge in [-0.1, -0.05) is 13.3 Å². The van der Waals surface area contributed by atoms with Crippen LogP contribution in [0.3, 0.4) is 0 Å². The second-order valence-electron chi connectivity index (χ2n) is 3.86. The molecule has 0 spiro atoms. The molecule has 2 atom stereocenters. The van der Waals surface area contributed by atoms with Crippen molar-refractivity contribution in [2.75, 3.05) is 6.61 Å². The molecule has 13 heavy (non-hydrogen) atoms. The van der Waals surface area contributed by atoms with E-state index in [1.54, 1.807) is 0 Å². The van der Waals surface area contributed by atoms with Crippen molar-refractivity contribution < 1.29 is 14.5 Å². The van der Waals surface area contributed by atoms with Gasteiger partial charge >= 0.3 is 0 Å². The van der Waals surface area contributed by atoms with E-state index >= 15 is 0 Å². The molecule has 0 amide bonds. The van der Waals surface area contributed by atoms with Gasteiger partial charge in [0.15, 0.2) is 5.79 Å². The van der Waals surface area contributed by atoms with Gasteiger partial charge in [0.05, 0.1) is 12.7 Å². The van der Waals surface area contributed by atoms with E-state index in [4.69, 9.17) is 14.5 Å².